The summed E-state index contributed by atoms with van der Waals surface area (Å²) < 4.78 is 18.5. The van der Waals surface area contributed by atoms with Crippen LogP contribution in [0.4, 0.5) is 0 Å². The fourth-order valence-electron chi connectivity index (χ4n) is 4.14. The molecule has 0 unspecified atom stereocenters. The molecule has 0 radical (unpaired) electrons. The fourth-order valence-corrected chi connectivity index (χ4v) is 4.14. The summed E-state index contributed by atoms with van der Waals surface area (Å²) in [7, 11) is 3.26. The summed E-state index contributed by atoms with van der Waals surface area (Å²) >= 11 is 0. The van der Waals surface area contributed by atoms with Crippen molar-refractivity contribution in [2.45, 2.75) is 33.4 Å². The van der Waals surface area contributed by atoms with Crippen LogP contribution in [-0.4, -0.2) is 36.1 Å². The number of ether oxygens (including phenoxy) is 2. The van der Waals surface area contributed by atoms with Crippen molar-refractivity contribution in [2.24, 2.45) is 0 Å². The van der Waals surface area contributed by atoms with Crippen LogP contribution in [0.1, 0.15) is 33.8 Å². The third kappa shape index (κ3) is 4.24. The minimum Gasteiger partial charge on any atom is -0.493 e. The predicted octanol–water partition coefficient (Wildman–Crippen LogP) is 4.36. The molecule has 0 N–H and O–H groups in total. The van der Waals surface area contributed by atoms with E-state index >= 15 is 0 Å². The smallest absolute Gasteiger partial charge is 0.246 e. The van der Waals surface area contributed by atoms with Gasteiger partial charge in [-0.25, -0.2) is 0 Å². The zero-order chi connectivity index (χ0) is 22.0. The lowest BCUT2D eigenvalue weighted by Crippen LogP contribution is -2.34. The van der Waals surface area contributed by atoms with Gasteiger partial charge in [0.25, 0.3) is 0 Å². The second-order valence-corrected chi connectivity index (χ2v) is 7.81. The van der Waals surface area contributed by atoms with Gasteiger partial charge in [0.2, 0.25) is 5.91 Å². The average Bonchev–Trinajstić information content (AvgIpc) is 3.39. The van der Waals surface area contributed by atoms with E-state index in [2.05, 4.69) is 24.5 Å². The van der Waals surface area contributed by atoms with E-state index in [1.807, 2.05) is 35.2 Å². The van der Waals surface area contributed by atoms with Crippen molar-refractivity contribution < 1.29 is 18.7 Å². The molecule has 0 saturated heterocycles. The summed E-state index contributed by atoms with van der Waals surface area (Å²) in [4.78, 5) is 14.7. The maximum atomic E-state index is 12.9. The summed E-state index contributed by atoms with van der Waals surface area (Å²) in [6.07, 6.45) is 6.07. The third-order valence-electron chi connectivity index (χ3n) is 5.94. The number of hydrogen-bond donors (Lipinski definition) is 0. The highest BCUT2D eigenvalue weighted by atomic mass is 16.5. The molecule has 0 bridgehead atoms. The fraction of sp³-hybridized carbons (Fsp3) is 0.320. The molecule has 0 atom stereocenters. The molecule has 0 spiro atoms. The molecule has 4 rings (SSSR count). The number of aryl methyl sites for hydroxylation is 1. The lowest BCUT2D eigenvalue weighted by atomic mass is 9.98. The third-order valence-corrected chi connectivity index (χ3v) is 5.94. The van der Waals surface area contributed by atoms with Gasteiger partial charge in [0.1, 0.15) is 5.76 Å². The highest BCUT2D eigenvalue weighted by molar-refractivity contribution is 5.92. The van der Waals surface area contributed by atoms with E-state index < -0.39 is 0 Å². The highest BCUT2D eigenvalue weighted by Gasteiger charge is 2.22. The minimum absolute atomic E-state index is 0.0104. The van der Waals surface area contributed by atoms with Crippen LogP contribution >= 0.6 is 0 Å². The molecule has 6 heteroatoms. The minimum atomic E-state index is 0.0104. The summed E-state index contributed by atoms with van der Waals surface area (Å²) in [5.74, 6) is 2.34. The van der Waals surface area contributed by atoms with Gasteiger partial charge < -0.3 is 23.4 Å². The molecule has 0 fully saturated rings. The lowest BCUT2D eigenvalue weighted by Gasteiger charge is -2.28. The summed E-state index contributed by atoms with van der Waals surface area (Å²) in [5, 5.41) is 0. The van der Waals surface area contributed by atoms with E-state index in [1.54, 1.807) is 26.6 Å². The Kier molecular flexibility index (Phi) is 5.89. The van der Waals surface area contributed by atoms with Crippen molar-refractivity contribution >= 4 is 12.0 Å². The monoisotopic (exact) mass is 420 g/mol. The average molecular weight is 421 g/mol. The van der Waals surface area contributed by atoms with Gasteiger partial charge in [0.05, 0.1) is 27.0 Å². The Labute approximate surface area is 182 Å². The number of hydrogen-bond acceptors (Lipinski definition) is 4. The van der Waals surface area contributed by atoms with Crippen LogP contribution in [0.25, 0.3) is 6.08 Å². The van der Waals surface area contributed by atoms with Crippen LogP contribution in [0.3, 0.4) is 0 Å². The van der Waals surface area contributed by atoms with Gasteiger partial charge in [0, 0.05) is 30.6 Å². The van der Waals surface area contributed by atoms with Gasteiger partial charge in [-0.3, -0.25) is 4.79 Å². The summed E-state index contributed by atoms with van der Waals surface area (Å²) in [5.41, 5.74) is 5.59. The number of carbonyl (C=O) groups excluding carboxylic acids is 1. The zero-order valence-corrected chi connectivity index (χ0v) is 18.5. The maximum Gasteiger partial charge on any atom is 0.246 e. The Hall–Kier alpha value is -3.41. The quantitative estimate of drug-likeness (QED) is 0.556. The van der Waals surface area contributed by atoms with Gasteiger partial charge in [-0.2, -0.15) is 0 Å². The Morgan fingerprint density at radius 2 is 1.87 bits per heavy atom. The largest absolute Gasteiger partial charge is 0.493 e. The van der Waals surface area contributed by atoms with Crippen molar-refractivity contribution in [3.63, 3.8) is 0 Å². The van der Waals surface area contributed by atoms with Crippen LogP contribution in [0.2, 0.25) is 0 Å². The van der Waals surface area contributed by atoms with E-state index in [1.165, 1.54) is 5.56 Å². The van der Waals surface area contributed by atoms with Crippen LogP contribution in [0.15, 0.2) is 47.1 Å². The van der Waals surface area contributed by atoms with E-state index in [9.17, 15) is 4.79 Å². The molecular weight excluding hydrogens is 392 g/mol. The second kappa shape index (κ2) is 8.76. The molecule has 1 aliphatic heterocycles. The van der Waals surface area contributed by atoms with E-state index in [0.717, 1.165) is 40.4 Å². The molecule has 2 aromatic heterocycles. The molecule has 1 aromatic carbocycles. The van der Waals surface area contributed by atoms with Gasteiger partial charge in [-0.05, 0) is 73.4 Å². The number of furan rings is 1. The van der Waals surface area contributed by atoms with Crippen molar-refractivity contribution in [3.8, 4) is 11.5 Å². The van der Waals surface area contributed by atoms with Crippen LogP contribution < -0.4 is 9.47 Å². The zero-order valence-electron chi connectivity index (χ0n) is 18.5. The first kappa shape index (κ1) is 20.8. The molecule has 0 saturated carbocycles. The van der Waals surface area contributed by atoms with E-state index in [-0.39, 0.29) is 5.91 Å². The van der Waals surface area contributed by atoms with Crippen LogP contribution in [-0.2, 0) is 24.3 Å². The first-order chi connectivity index (χ1) is 15.0. The number of benzene rings is 1. The molecular formula is C25H28N2O4. The van der Waals surface area contributed by atoms with Crippen molar-refractivity contribution in [2.75, 3.05) is 20.8 Å². The van der Waals surface area contributed by atoms with E-state index in [0.29, 0.717) is 25.4 Å². The summed E-state index contributed by atoms with van der Waals surface area (Å²) in [6, 6.07) is 9.95. The molecule has 162 valence electrons. The molecule has 3 heterocycles. The number of fused-ring (bicyclic) bond motifs is 1. The van der Waals surface area contributed by atoms with Crippen LogP contribution in [0.5, 0.6) is 11.5 Å². The Balaban J connectivity index is 1.48. The molecule has 1 aliphatic rings. The first-order valence-corrected chi connectivity index (χ1v) is 10.4. The second-order valence-electron chi connectivity index (χ2n) is 7.81. The Morgan fingerprint density at radius 3 is 2.55 bits per heavy atom. The van der Waals surface area contributed by atoms with Crippen LogP contribution in [0, 0.1) is 13.8 Å². The number of nitrogens with zero attached hydrogens (tertiary/aromatic N) is 2. The number of methoxy groups -OCH3 is 2. The molecule has 6 nitrogen and oxygen atoms in total. The molecule has 31 heavy (non-hydrogen) atoms. The number of amides is 1. The number of aromatic nitrogens is 1. The first-order valence-electron chi connectivity index (χ1n) is 10.4. The lowest BCUT2D eigenvalue weighted by molar-refractivity contribution is -0.126. The van der Waals surface area contributed by atoms with Gasteiger partial charge in [-0.15, -0.1) is 0 Å². The maximum absolute atomic E-state index is 12.9. The topological polar surface area (TPSA) is 56.8 Å². The Bertz CT molecular complexity index is 1110. The molecule has 0 aliphatic carbocycles. The van der Waals surface area contributed by atoms with Crippen molar-refractivity contribution in [3.05, 3.63) is 76.5 Å². The van der Waals surface area contributed by atoms with Gasteiger partial charge >= 0.3 is 0 Å². The number of rotatable bonds is 6. The van der Waals surface area contributed by atoms with Gasteiger partial charge in [-0.1, -0.05) is 0 Å². The standard InChI is InChI=1S/C25H28N2O4/c1-17-12-19(18(2)27(17)16-22-6-5-11-31-22)7-8-25(28)26-10-9-20-13-23(29-3)24(30-4)14-21(20)15-26/h5-8,11-14H,9-10,15-16H2,1-4H3. The van der Waals surface area contributed by atoms with Crippen molar-refractivity contribution in [1.82, 2.24) is 9.47 Å². The molecule has 1 amide bonds. The highest BCUT2D eigenvalue weighted by Crippen LogP contribution is 2.33. The number of carbonyl (C=O) groups is 1. The van der Waals surface area contributed by atoms with E-state index in [4.69, 9.17) is 13.9 Å². The molecule has 3 aromatic rings. The van der Waals surface area contributed by atoms with Crippen molar-refractivity contribution in [1.29, 1.82) is 0 Å². The Morgan fingerprint density at radius 1 is 1.13 bits per heavy atom. The predicted molar refractivity (Wildman–Crippen MR) is 119 cm³/mol. The normalized spacial score (nSPS) is 13.5. The van der Waals surface area contributed by atoms with Gasteiger partial charge in [0.15, 0.2) is 11.5 Å². The summed E-state index contributed by atoms with van der Waals surface area (Å²) in [6.45, 7) is 6.06. The SMILES string of the molecule is COc1cc2c(cc1OC)CN(C(=O)C=Cc1cc(C)n(Cc3ccco3)c1C)CC2.